The average Bonchev–Trinajstić information content (AvgIpc) is 3.18. The van der Waals surface area contributed by atoms with Gasteiger partial charge in [0.05, 0.1) is 5.69 Å². The maximum absolute atomic E-state index is 13.4. The van der Waals surface area contributed by atoms with E-state index in [1.807, 2.05) is 0 Å². The second kappa shape index (κ2) is 7.03. The maximum Gasteiger partial charge on any atom is 0.292 e. The van der Waals surface area contributed by atoms with Gasteiger partial charge in [-0.25, -0.2) is 4.39 Å². The van der Waals surface area contributed by atoms with Crippen molar-refractivity contribution < 1.29 is 13.7 Å². The number of carbonyl (C=O) groups is 1. The summed E-state index contributed by atoms with van der Waals surface area (Å²) in [4.78, 5) is 23.0. The highest BCUT2D eigenvalue weighted by Gasteiger charge is 2.28. The van der Waals surface area contributed by atoms with E-state index in [0.717, 1.165) is 18.5 Å². The lowest BCUT2D eigenvalue weighted by Crippen LogP contribution is -2.39. The zero-order valence-electron chi connectivity index (χ0n) is 14.0. The number of hydrogen-bond donors (Lipinski definition) is 0. The summed E-state index contributed by atoms with van der Waals surface area (Å²) in [5, 5.41) is 3.91. The number of likely N-dealkylation sites (tertiary alicyclic amines) is 1. The van der Waals surface area contributed by atoms with Crippen molar-refractivity contribution in [3.05, 3.63) is 66.2 Å². The lowest BCUT2D eigenvalue weighted by Gasteiger charge is -2.31. The second-order valence-corrected chi connectivity index (χ2v) is 6.31. The topological polar surface area (TPSA) is 72.1 Å². The molecule has 1 atom stereocenters. The first kappa shape index (κ1) is 16.4. The molecular weight excluding hydrogens is 335 g/mol. The third kappa shape index (κ3) is 3.33. The van der Waals surface area contributed by atoms with Crippen molar-refractivity contribution in [2.75, 3.05) is 13.1 Å². The lowest BCUT2D eigenvalue weighted by molar-refractivity contribution is 0.0664. The molecule has 132 valence electrons. The quantitative estimate of drug-likeness (QED) is 0.723. The molecule has 1 aliphatic heterocycles. The highest BCUT2D eigenvalue weighted by molar-refractivity contribution is 5.92. The number of hydrogen-bond acceptors (Lipinski definition) is 5. The molecule has 0 saturated carbocycles. The van der Waals surface area contributed by atoms with E-state index < -0.39 is 0 Å². The highest BCUT2D eigenvalue weighted by Crippen LogP contribution is 2.27. The first-order valence-electron chi connectivity index (χ1n) is 8.48. The van der Waals surface area contributed by atoms with E-state index in [1.165, 1.54) is 12.1 Å². The number of nitrogens with zero attached hydrogens (tertiary/aromatic N) is 4. The van der Waals surface area contributed by atoms with Crippen LogP contribution in [0.2, 0.25) is 0 Å². The first-order valence-corrected chi connectivity index (χ1v) is 8.48. The van der Waals surface area contributed by atoms with Crippen LogP contribution in [0.3, 0.4) is 0 Å². The monoisotopic (exact) mass is 352 g/mol. The van der Waals surface area contributed by atoms with E-state index in [-0.39, 0.29) is 23.4 Å². The summed E-state index contributed by atoms with van der Waals surface area (Å²) in [6.07, 6.45) is 6.90. The number of benzene rings is 1. The normalized spacial score (nSPS) is 17.3. The molecular formula is C19H17FN4O2. The number of rotatable bonds is 3. The van der Waals surface area contributed by atoms with Gasteiger partial charge in [-0.3, -0.25) is 14.8 Å². The molecule has 4 rings (SSSR count). The Morgan fingerprint density at radius 3 is 3.00 bits per heavy atom. The maximum atomic E-state index is 13.4. The smallest absolute Gasteiger partial charge is 0.292 e. The first-order chi connectivity index (χ1) is 12.7. The Bertz CT molecular complexity index is 913. The van der Waals surface area contributed by atoms with Crippen LogP contribution in [-0.2, 0) is 0 Å². The van der Waals surface area contributed by atoms with Crippen LogP contribution in [0.4, 0.5) is 4.39 Å². The van der Waals surface area contributed by atoms with Crippen molar-refractivity contribution in [3.8, 4) is 11.3 Å². The molecule has 0 spiro atoms. The van der Waals surface area contributed by atoms with Crippen LogP contribution in [0.5, 0.6) is 0 Å². The fourth-order valence-electron chi connectivity index (χ4n) is 3.24. The SMILES string of the molecule is O=C(c1cc(-c2cccc(F)c2)no1)N1CCC[C@H](c2cnccn2)C1. The van der Waals surface area contributed by atoms with Crippen molar-refractivity contribution in [2.45, 2.75) is 18.8 Å². The zero-order chi connectivity index (χ0) is 17.9. The molecule has 3 aromatic rings. The van der Waals surface area contributed by atoms with Gasteiger partial charge in [0.15, 0.2) is 0 Å². The van der Waals surface area contributed by atoms with E-state index in [4.69, 9.17) is 4.52 Å². The van der Waals surface area contributed by atoms with Crippen LogP contribution in [0.1, 0.15) is 35.0 Å². The molecule has 26 heavy (non-hydrogen) atoms. The summed E-state index contributed by atoms with van der Waals surface area (Å²) in [5.41, 5.74) is 1.90. The number of amides is 1. The van der Waals surface area contributed by atoms with Crippen LogP contribution in [0.25, 0.3) is 11.3 Å². The standard InChI is InChI=1S/C19H17FN4O2/c20-15-5-1-3-13(9-15)16-10-18(26-23-16)19(25)24-8-2-4-14(12-24)17-11-21-6-7-22-17/h1,3,5-7,9-11,14H,2,4,8,12H2/t14-/m0/s1. The van der Waals surface area contributed by atoms with Gasteiger partial charge in [-0.05, 0) is 25.0 Å². The Morgan fingerprint density at radius 2 is 2.19 bits per heavy atom. The molecule has 0 radical (unpaired) electrons. The Kier molecular flexibility index (Phi) is 4.43. The minimum Gasteiger partial charge on any atom is -0.350 e. The number of piperidine rings is 1. The van der Waals surface area contributed by atoms with Crippen molar-refractivity contribution in [1.82, 2.24) is 20.0 Å². The highest BCUT2D eigenvalue weighted by atomic mass is 19.1. The second-order valence-electron chi connectivity index (χ2n) is 6.31. The van der Waals surface area contributed by atoms with Crippen molar-refractivity contribution in [2.24, 2.45) is 0 Å². The van der Waals surface area contributed by atoms with Gasteiger partial charge in [0.2, 0.25) is 5.76 Å². The van der Waals surface area contributed by atoms with E-state index in [9.17, 15) is 9.18 Å². The van der Waals surface area contributed by atoms with Gasteiger partial charge in [-0.1, -0.05) is 17.3 Å². The molecule has 0 unspecified atom stereocenters. The minimum atomic E-state index is -0.360. The summed E-state index contributed by atoms with van der Waals surface area (Å²) in [6, 6.07) is 7.59. The number of aromatic nitrogens is 3. The van der Waals surface area contributed by atoms with Crippen LogP contribution in [0.15, 0.2) is 53.4 Å². The fourth-order valence-corrected chi connectivity index (χ4v) is 3.24. The van der Waals surface area contributed by atoms with Crippen LogP contribution >= 0.6 is 0 Å². The molecule has 1 fully saturated rings. The zero-order valence-corrected chi connectivity index (χ0v) is 14.0. The third-order valence-electron chi connectivity index (χ3n) is 4.55. The summed E-state index contributed by atoms with van der Waals surface area (Å²) < 4.78 is 18.6. The van der Waals surface area contributed by atoms with Gasteiger partial charge >= 0.3 is 0 Å². The molecule has 1 aliphatic rings. The third-order valence-corrected chi connectivity index (χ3v) is 4.55. The van der Waals surface area contributed by atoms with Crippen molar-refractivity contribution in [3.63, 3.8) is 0 Å². The van der Waals surface area contributed by atoms with Gasteiger partial charge < -0.3 is 9.42 Å². The van der Waals surface area contributed by atoms with Gasteiger partial charge in [0.1, 0.15) is 11.5 Å². The van der Waals surface area contributed by atoms with Crippen molar-refractivity contribution >= 4 is 5.91 Å². The molecule has 0 aliphatic carbocycles. The molecule has 0 N–H and O–H groups in total. The van der Waals surface area contributed by atoms with Gasteiger partial charge in [-0.15, -0.1) is 0 Å². The number of halogens is 1. The largest absolute Gasteiger partial charge is 0.350 e. The molecule has 1 aromatic carbocycles. The Hall–Kier alpha value is -3.09. The molecule has 0 bridgehead atoms. The van der Waals surface area contributed by atoms with Gasteiger partial charge in [-0.2, -0.15) is 0 Å². The molecule has 7 heteroatoms. The van der Waals surface area contributed by atoms with Crippen LogP contribution in [0, 0.1) is 5.82 Å². The summed E-state index contributed by atoms with van der Waals surface area (Å²) in [7, 11) is 0. The predicted octanol–water partition coefficient (Wildman–Crippen LogP) is 3.29. The summed E-state index contributed by atoms with van der Waals surface area (Å²) in [5.74, 6) is -0.258. The van der Waals surface area contributed by atoms with E-state index >= 15 is 0 Å². The summed E-state index contributed by atoms with van der Waals surface area (Å²) >= 11 is 0. The van der Waals surface area contributed by atoms with Gasteiger partial charge in [0.25, 0.3) is 5.91 Å². The van der Waals surface area contributed by atoms with E-state index in [2.05, 4.69) is 15.1 Å². The van der Waals surface area contributed by atoms with Crippen LogP contribution in [-0.4, -0.2) is 39.0 Å². The van der Waals surface area contributed by atoms with Gasteiger partial charge in [0, 0.05) is 49.2 Å². The average molecular weight is 352 g/mol. The Labute approximate surface area is 149 Å². The van der Waals surface area contributed by atoms with Crippen molar-refractivity contribution in [1.29, 1.82) is 0 Å². The molecule has 2 aromatic heterocycles. The lowest BCUT2D eigenvalue weighted by atomic mass is 9.95. The fraction of sp³-hybridized carbons (Fsp3) is 0.263. The Balaban J connectivity index is 1.51. The molecule has 1 amide bonds. The number of carbonyl (C=O) groups excluding carboxylic acids is 1. The Morgan fingerprint density at radius 1 is 1.27 bits per heavy atom. The minimum absolute atomic E-state index is 0.157. The molecule has 6 nitrogen and oxygen atoms in total. The van der Waals surface area contributed by atoms with E-state index in [1.54, 1.807) is 41.7 Å². The van der Waals surface area contributed by atoms with Crippen LogP contribution < -0.4 is 0 Å². The summed E-state index contributed by atoms with van der Waals surface area (Å²) in [6.45, 7) is 1.22. The molecule has 1 saturated heterocycles. The molecule has 3 heterocycles. The van der Waals surface area contributed by atoms with E-state index in [0.29, 0.717) is 24.3 Å². The predicted molar refractivity (Wildman–Crippen MR) is 91.8 cm³/mol.